The minimum Gasteiger partial charge on any atom is -0.336 e. The van der Waals surface area contributed by atoms with Crippen molar-refractivity contribution in [3.63, 3.8) is 0 Å². The summed E-state index contributed by atoms with van der Waals surface area (Å²) in [5.74, 6) is -0.217. The lowest BCUT2D eigenvalue weighted by Gasteiger charge is -2.26. The van der Waals surface area contributed by atoms with Gasteiger partial charge in [0.1, 0.15) is 0 Å². The Bertz CT molecular complexity index is 565. The third kappa shape index (κ3) is 3.48. The molecule has 7 heteroatoms. The van der Waals surface area contributed by atoms with Crippen molar-refractivity contribution in [3.8, 4) is 0 Å². The van der Waals surface area contributed by atoms with Crippen molar-refractivity contribution >= 4 is 35.1 Å². The zero-order valence-corrected chi connectivity index (χ0v) is 13.4. The molecule has 1 N–H and O–H groups in total. The average Bonchev–Trinajstić information content (AvgIpc) is 2.88. The van der Waals surface area contributed by atoms with Crippen molar-refractivity contribution in [2.75, 3.05) is 20.1 Å². The number of halogens is 2. The number of amides is 3. The topological polar surface area (TPSA) is 52.7 Å². The fourth-order valence-corrected chi connectivity index (χ4v) is 2.55. The van der Waals surface area contributed by atoms with E-state index in [1.54, 1.807) is 13.0 Å². The van der Waals surface area contributed by atoms with Crippen molar-refractivity contribution in [1.29, 1.82) is 0 Å². The van der Waals surface area contributed by atoms with Gasteiger partial charge in [-0.25, -0.2) is 4.79 Å². The molecule has 2 rings (SSSR count). The average molecular weight is 330 g/mol. The highest BCUT2D eigenvalue weighted by molar-refractivity contribution is 6.42. The summed E-state index contributed by atoms with van der Waals surface area (Å²) >= 11 is 12.1. The monoisotopic (exact) mass is 329 g/mol. The molecule has 0 unspecified atom stereocenters. The highest BCUT2D eigenvalue weighted by atomic mass is 35.5. The summed E-state index contributed by atoms with van der Waals surface area (Å²) < 4.78 is 0. The number of carbonyl (C=O) groups is 2. The van der Waals surface area contributed by atoms with Gasteiger partial charge >= 0.3 is 6.03 Å². The molecule has 114 valence electrons. The van der Waals surface area contributed by atoms with E-state index in [0.717, 1.165) is 5.56 Å². The Balaban J connectivity index is 2.05. The zero-order valence-electron chi connectivity index (χ0n) is 11.9. The first-order valence-corrected chi connectivity index (χ1v) is 7.39. The van der Waals surface area contributed by atoms with Gasteiger partial charge in [-0.05, 0) is 25.6 Å². The number of rotatable bonds is 4. The first-order chi connectivity index (χ1) is 9.91. The molecule has 1 aliphatic heterocycles. The van der Waals surface area contributed by atoms with Crippen molar-refractivity contribution in [2.24, 2.45) is 0 Å². The van der Waals surface area contributed by atoms with Crippen LogP contribution in [0.1, 0.15) is 12.5 Å². The predicted molar refractivity (Wildman–Crippen MR) is 82.5 cm³/mol. The zero-order chi connectivity index (χ0) is 15.6. The maximum absolute atomic E-state index is 12.3. The molecule has 1 fully saturated rings. The molecule has 1 saturated heterocycles. The Labute approximate surface area is 133 Å². The lowest BCUT2D eigenvalue weighted by atomic mass is 10.2. The molecule has 0 bridgehead atoms. The summed E-state index contributed by atoms with van der Waals surface area (Å²) in [7, 11) is 1.81. The quantitative estimate of drug-likeness (QED) is 0.922. The summed E-state index contributed by atoms with van der Waals surface area (Å²) in [5.41, 5.74) is 0.845. The molecule has 1 aromatic rings. The minimum absolute atomic E-state index is 0.217. The van der Waals surface area contributed by atoms with Gasteiger partial charge in [-0.1, -0.05) is 35.3 Å². The van der Waals surface area contributed by atoms with Crippen LogP contribution in [-0.2, 0) is 11.3 Å². The number of carbonyl (C=O) groups excluding carboxylic acids is 2. The smallest absolute Gasteiger partial charge is 0.324 e. The Morgan fingerprint density at radius 2 is 2.19 bits per heavy atom. The van der Waals surface area contributed by atoms with Crippen LogP contribution in [0.25, 0.3) is 0 Å². The first-order valence-electron chi connectivity index (χ1n) is 6.64. The molecule has 1 aliphatic rings. The summed E-state index contributed by atoms with van der Waals surface area (Å²) in [6, 6.07) is 4.64. The molecule has 1 heterocycles. The number of nitrogens with zero attached hydrogens (tertiary/aromatic N) is 2. The van der Waals surface area contributed by atoms with Gasteiger partial charge in [0.25, 0.3) is 0 Å². The summed E-state index contributed by atoms with van der Waals surface area (Å²) in [6.45, 7) is 3.16. The normalized spacial score (nSPS) is 16.2. The fraction of sp³-hybridized carbons (Fsp3) is 0.429. The molecular weight excluding hydrogens is 313 g/mol. The van der Waals surface area contributed by atoms with E-state index in [-0.39, 0.29) is 11.9 Å². The van der Waals surface area contributed by atoms with Crippen LogP contribution < -0.4 is 5.32 Å². The molecule has 0 radical (unpaired) electrons. The van der Waals surface area contributed by atoms with E-state index in [0.29, 0.717) is 29.7 Å². The van der Waals surface area contributed by atoms with E-state index in [1.807, 2.05) is 24.1 Å². The van der Waals surface area contributed by atoms with Crippen LogP contribution in [-0.4, -0.2) is 47.9 Å². The molecule has 0 spiro atoms. The molecule has 3 amide bonds. The number of hydrogen-bond acceptors (Lipinski definition) is 3. The number of nitrogens with one attached hydrogen (secondary N) is 1. The third-order valence-corrected chi connectivity index (χ3v) is 4.45. The Morgan fingerprint density at radius 1 is 1.48 bits per heavy atom. The molecule has 0 aromatic heterocycles. The van der Waals surface area contributed by atoms with Gasteiger partial charge in [0, 0.05) is 19.6 Å². The van der Waals surface area contributed by atoms with E-state index < -0.39 is 6.04 Å². The van der Waals surface area contributed by atoms with Crippen LogP contribution in [0.15, 0.2) is 18.2 Å². The third-order valence-electron chi connectivity index (χ3n) is 3.59. The molecule has 5 nitrogen and oxygen atoms in total. The lowest BCUT2D eigenvalue weighted by Crippen LogP contribution is -2.46. The summed E-state index contributed by atoms with van der Waals surface area (Å²) in [4.78, 5) is 26.9. The van der Waals surface area contributed by atoms with Crippen LogP contribution in [0.3, 0.4) is 0 Å². The second-order valence-electron chi connectivity index (χ2n) is 5.03. The van der Waals surface area contributed by atoms with E-state index in [1.165, 1.54) is 4.90 Å². The number of likely N-dealkylation sites (N-methyl/N-ethyl adjacent to an activating group) is 1. The number of imide groups is 1. The van der Waals surface area contributed by atoms with Crippen LogP contribution in [0.4, 0.5) is 4.79 Å². The van der Waals surface area contributed by atoms with E-state index in [4.69, 9.17) is 23.2 Å². The molecular formula is C14H17Cl2N3O2. The Hall–Kier alpha value is -1.30. The number of urea groups is 1. The number of benzene rings is 1. The van der Waals surface area contributed by atoms with Crippen LogP contribution in [0.2, 0.25) is 10.0 Å². The second-order valence-corrected chi connectivity index (χ2v) is 5.81. The van der Waals surface area contributed by atoms with Crippen molar-refractivity contribution in [2.45, 2.75) is 19.5 Å². The van der Waals surface area contributed by atoms with Gasteiger partial charge in [0.05, 0.1) is 16.1 Å². The lowest BCUT2D eigenvalue weighted by molar-refractivity contribution is -0.132. The van der Waals surface area contributed by atoms with Gasteiger partial charge in [-0.2, -0.15) is 0 Å². The molecule has 1 aromatic carbocycles. The maximum atomic E-state index is 12.3. The maximum Gasteiger partial charge on any atom is 0.324 e. The highest BCUT2D eigenvalue weighted by Crippen LogP contribution is 2.26. The van der Waals surface area contributed by atoms with Crippen LogP contribution in [0.5, 0.6) is 0 Å². The SMILES string of the molecule is C[C@@H](C(=O)N1CCNC1=O)N(C)Cc1cccc(Cl)c1Cl. The van der Waals surface area contributed by atoms with Crippen molar-refractivity contribution in [1.82, 2.24) is 15.1 Å². The van der Waals surface area contributed by atoms with E-state index >= 15 is 0 Å². The van der Waals surface area contributed by atoms with Crippen molar-refractivity contribution in [3.05, 3.63) is 33.8 Å². The van der Waals surface area contributed by atoms with E-state index in [2.05, 4.69) is 5.32 Å². The van der Waals surface area contributed by atoms with Gasteiger partial charge < -0.3 is 5.32 Å². The van der Waals surface area contributed by atoms with Crippen LogP contribution >= 0.6 is 23.2 Å². The predicted octanol–water partition coefficient (Wildman–Crippen LogP) is 2.37. The van der Waals surface area contributed by atoms with Gasteiger partial charge in [-0.3, -0.25) is 14.6 Å². The van der Waals surface area contributed by atoms with E-state index in [9.17, 15) is 9.59 Å². The van der Waals surface area contributed by atoms with Gasteiger partial charge in [-0.15, -0.1) is 0 Å². The fourth-order valence-electron chi connectivity index (χ4n) is 2.17. The minimum atomic E-state index is -0.427. The molecule has 21 heavy (non-hydrogen) atoms. The molecule has 0 saturated carbocycles. The summed E-state index contributed by atoms with van der Waals surface area (Å²) in [5, 5.41) is 3.60. The molecule has 0 aliphatic carbocycles. The Kier molecular flexibility index (Phi) is 5.08. The largest absolute Gasteiger partial charge is 0.336 e. The number of hydrogen-bond donors (Lipinski definition) is 1. The Morgan fingerprint density at radius 3 is 2.81 bits per heavy atom. The molecule has 1 atom stereocenters. The second kappa shape index (κ2) is 6.64. The van der Waals surface area contributed by atoms with Crippen molar-refractivity contribution < 1.29 is 9.59 Å². The van der Waals surface area contributed by atoms with Gasteiger partial charge in [0.2, 0.25) is 5.91 Å². The summed E-state index contributed by atoms with van der Waals surface area (Å²) in [6.07, 6.45) is 0. The van der Waals surface area contributed by atoms with Gasteiger partial charge in [0.15, 0.2) is 0 Å². The highest BCUT2D eigenvalue weighted by Gasteiger charge is 2.31. The standard InChI is InChI=1S/C14H17Cl2N3O2/c1-9(13(20)19-7-6-17-14(19)21)18(2)8-10-4-3-5-11(15)12(10)16/h3-5,9H,6-8H2,1-2H3,(H,17,21)/t9-/m0/s1. The van der Waals surface area contributed by atoms with Crippen LogP contribution in [0, 0.1) is 0 Å². The first kappa shape index (κ1) is 16.1.